The van der Waals surface area contributed by atoms with Gasteiger partial charge in [-0.05, 0) is 37.0 Å². The lowest BCUT2D eigenvalue weighted by Gasteiger charge is -2.37. The van der Waals surface area contributed by atoms with Gasteiger partial charge in [-0.3, -0.25) is 4.79 Å². The van der Waals surface area contributed by atoms with E-state index in [0.717, 1.165) is 13.0 Å². The number of hydrogen-bond acceptors (Lipinski definition) is 1. The molecule has 18 heavy (non-hydrogen) atoms. The second-order valence-electron chi connectivity index (χ2n) is 6.74. The second kappa shape index (κ2) is 5.94. The first kappa shape index (κ1) is 14.4. The highest BCUT2D eigenvalue weighted by Crippen LogP contribution is 2.40. The molecule has 1 amide bonds. The topological polar surface area (TPSA) is 29.1 Å². The molecule has 2 nitrogen and oxygen atoms in total. The number of rotatable bonds is 3. The molecule has 2 saturated carbocycles. The van der Waals surface area contributed by atoms with E-state index in [0.29, 0.717) is 16.7 Å². The Balaban J connectivity index is 1.83. The summed E-state index contributed by atoms with van der Waals surface area (Å²) in [4.78, 5) is 13.0. The maximum Gasteiger partial charge on any atom is 0.223 e. The van der Waals surface area contributed by atoms with Crippen molar-refractivity contribution in [3.8, 4) is 0 Å². The Bertz CT molecular complexity index is 303. The van der Waals surface area contributed by atoms with E-state index in [1.54, 1.807) is 0 Å². The number of hydrogen-bond donors (Lipinski definition) is 1. The van der Waals surface area contributed by atoms with Crippen molar-refractivity contribution >= 4 is 21.8 Å². The Labute approximate surface area is 119 Å². The molecule has 2 rings (SSSR count). The first-order valence-electron chi connectivity index (χ1n) is 7.42. The molecule has 2 aliphatic rings. The highest BCUT2D eigenvalue weighted by Gasteiger charge is 2.37. The fourth-order valence-electron chi connectivity index (χ4n) is 3.56. The van der Waals surface area contributed by atoms with Crippen LogP contribution in [-0.4, -0.2) is 17.3 Å². The first-order valence-corrected chi connectivity index (χ1v) is 8.34. The number of carbonyl (C=O) groups excluding carboxylic acids is 1. The zero-order valence-electron chi connectivity index (χ0n) is 11.7. The van der Waals surface area contributed by atoms with Crippen LogP contribution < -0.4 is 5.32 Å². The Kier molecular flexibility index (Phi) is 4.74. The van der Waals surface area contributed by atoms with Gasteiger partial charge >= 0.3 is 0 Å². The second-order valence-corrected chi connectivity index (χ2v) is 7.92. The Morgan fingerprint density at radius 2 is 2.00 bits per heavy atom. The minimum absolute atomic E-state index is 0.186. The van der Waals surface area contributed by atoms with Crippen LogP contribution in [0.4, 0.5) is 0 Å². The molecule has 3 unspecified atom stereocenters. The minimum atomic E-state index is 0.186. The lowest BCUT2D eigenvalue weighted by Crippen LogP contribution is -2.43. The van der Waals surface area contributed by atoms with E-state index < -0.39 is 0 Å². The van der Waals surface area contributed by atoms with E-state index in [-0.39, 0.29) is 11.3 Å². The van der Waals surface area contributed by atoms with E-state index in [2.05, 4.69) is 35.1 Å². The molecule has 3 heteroatoms. The van der Waals surface area contributed by atoms with Crippen molar-refractivity contribution in [3.05, 3.63) is 0 Å². The quantitative estimate of drug-likeness (QED) is 0.787. The fourth-order valence-corrected chi connectivity index (χ4v) is 4.33. The lowest BCUT2D eigenvalue weighted by molar-refractivity contribution is -0.130. The molecule has 2 aliphatic carbocycles. The van der Waals surface area contributed by atoms with Gasteiger partial charge in [0.25, 0.3) is 0 Å². The summed E-state index contributed by atoms with van der Waals surface area (Å²) in [6.07, 6.45) is 8.57. The Hall–Kier alpha value is -0.0500. The van der Waals surface area contributed by atoms with E-state index in [1.165, 1.54) is 38.5 Å². The molecule has 0 radical (unpaired) electrons. The summed E-state index contributed by atoms with van der Waals surface area (Å²) in [5, 5.41) is 3.21. The molecular formula is C15H26BrNO. The Morgan fingerprint density at radius 3 is 2.61 bits per heavy atom. The van der Waals surface area contributed by atoms with Gasteiger partial charge < -0.3 is 5.32 Å². The van der Waals surface area contributed by atoms with Gasteiger partial charge in [0, 0.05) is 17.3 Å². The van der Waals surface area contributed by atoms with E-state index in [9.17, 15) is 4.79 Å². The average molecular weight is 316 g/mol. The molecule has 0 aromatic carbocycles. The molecule has 1 N–H and O–H groups in total. The zero-order valence-corrected chi connectivity index (χ0v) is 13.3. The average Bonchev–Trinajstić information content (AvgIpc) is 2.71. The normalized spacial score (nSPS) is 35.4. The van der Waals surface area contributed by atoms with Crippen molar-refractivity contribution in [1.29, 1.82) is 0 Å². The maximum atomic E-state index is 12.4. The van der Waals surface area contributed by atoms with Crippen molar-refractivity contribution in [1.82, 2.24) is 5.32 Å². The van der Waals surface area contributed by atoms with Gasteiger partial charge in [0.1, 0.15) is 0 Å². The van der Waals surface area contributed by atoms with Crippen LogP contribution in [0.25, 0.3) is 0 Å². The molecular weight excluding hydrogens is 290 g/mol. The molecule has 0 aliphatic heterocycles. The van der Waals surface area contributed by atoms with Gasteiger partial charge in [-0.1, -0.05) is 49.0 Å². The monoisotopic (exact) mass is 315 g/mol. The third-order valence-electron chi connectivity index (χ3n) is 4.93. The molecule has 0 aromatic rings. The molecule has 2 fully saturated rings. The van der Waals surface area contributed by atoms with Crippen molar-refractivity contribution in [2.45, 2.75) is 63.6 Å². The highest BCUT2D eigenvalue weighted by atomic mass is 79.9. The summed E-state index contributed by atoms with van der Waals surface area (Å²) in [5.41, 5.74) is 0.186. The number of amides is 1. The molecule has 0 aromatic heterocycles. The van der Waals surface area contributed by atoms with Crippen LogP contribution in [0.2, 0.25) is 0 Å². The number of nitrogens with one attached hydrogen (secondary N) is 1. The van der Waals surface area contributed by atoms with Gasteiger partial charge in [0.2, 0.25) is 5.91 Å². The van der Waals surface area contributed by atoms with Gasteiger partial charge in [0.05, 0.1) is 0 Å². The molecule has 0 bridgehead atoms. The van der Waals surface area contributed by atoms with Crippen molar-refractivity contribution in [2.75, 3.05) is 6.54 Å². The van der Waals surface area contributed by atoms with Crippen molar-refractivity contribution < 1.29 is 4.79 Å². The largest absolute Gasteiger partial charge is 0.356 e. The number of halogens is 1. The van der Waals surface area contributed by atoms with Gasteiger partial charge in [-0.25, -0.2) is 0 Å². The summed E-state index contributed by atoms with van der Waals surface area (Å²) in [5.74, 6) is 1.16. The molecule has 0 spiro atoms. The van der Waals surface area contributed by atoms with Crippen LogP contribution >= 0.6 is 15.9 Å². The summed E-state index contributed by atoms with van der Waals surface area (Å²) < 4.78 is 0. The predicted molar refractivity (Wildman–Crippen MR) is 78.8 cm³/mol. The van der Waals surface area contributed by atoms with Gasteiger partial charge in [-0.15, -0.1) is 0 Å². The lowest BCUT2D eigenvalue weighted by atomic mass is 9.68. The molecule has 3 atom stereocenters. The zero-order chi connectivity index (χ0) is 13.2. The van der Waals surface area contributed by atoms with Gasteiger partial charge in [0.15, 0.2) is 0 Å². The summed E-state index contributed by atoms with van der Waals surface area (Å²) in [6, 6.07) is 0. The van der Waals surface area contributed by atoms with Crippen LogP contribution in [0.5, 0.6) is 0 Å². The third kappa shape index (κ3) is 3.28. The molecule has 104 valence electrons. The Morgan fingerprint density at radius 1 is 1.22 bits per heavy atom. The number of alkyl halides is 1. The summed E-state index contributed by atoms with van der Waals surface area (Å²) >= 11 is 3.72. The van der Waals surface area contributed by atoms with E-state index in [4.69, 9.17) is 0 Å². The van der Waals surface area contributed by atoms with Crippen LogP contribution in [-0.2, 0) is 4.79 Å². The fraction of sp³-hybridized carbons (Fsp3) is 0.933. The van der Waals surface area contributed by atoms with E-state index in [1.807, 2.05) is 0 Å². The molecule has 0 saturated heterocycles. The first-order chi connectivity index (χ1) is 8.50. The van der Waals surface area contributed by atoms with Crippen molar-refractivity contribution in [2.24, 2.45) is 17.3 Å². The third-order valence-corrected chi connectivity index (χ3v) is 6.13. The van der Waals surface area contributed by atoms with Crippen LogP contribution in [0.1, 0.15) is 58.8 Å². The van der Waals surface area contributed by atoms with Crippen LogP contribution in [0.15, 0.2) is 0 Å². The minimum Gasteiger partial charge on any atom is -0.356 e. The van der Waals surface area contributed by atoms with E-state index >= 15 is 0 Å². The highest BCUT2D eigenvalue weighted by molar-refractivity contribution is 9.09. The molecule has 0 heterocycles. The van der Waals surface area contributed by atoms with Crippen LogP contribution in [0.3, 0.4) is 0 Å². The van der Waals surface area contributed by atoms with Crippen molar-refractivity contribution in [3.63, 3.8) is 0 Å². The van der Waals surface area contributed by atoms with Gasteiger partial charge in [-0.2, -0.15) is 0 Å². The SMILES string of the molecule is CC1(C)CCCCC1C(=O)NCC1CCCC1Br. The predicted octanol–water partition coefficient (Wildman–Crippen LogP) is 3.88. The maximum absolute atomic E-state index is 12.4. The summed E-state index contributed by atoms with van der Waals surface area (Å²) in [7, 11) is 0. The van der Waals surface area contributed by atoms with Crippen LogP contribution in [0, 0.1) is 17.3 Å². The number of carbonyl (C=O) groups is 1. The standard InChI is InChI=1S/C15H26BrNO/c1-15(2)9-4-3-7-12(15)14(18)17-10-11-6-5-8-13(11)16/h11-13H,3-10H2,1-2H3,(H,17,18). The smallest absolute Gasteiger partial charge is 0.223 e. The summed E-state index contributed by atoms with van der Waals surface area (Å²) in [6.45, 7) is 5.36.